The van der Waals surface area contributed by atoms with Gasteiger partial charge in [-0.3, -0.25) is 0 Å². The van der Waals surface area contributed by atoms with Crippen molar-refractivity contribution in [1.29, 1.82) is 0 Å². The average Bonchev–Trinajstić information content (AvgIpc) is 2.80. The van der Waals surface area contributed by atoms with Crippen LogP contribution in [0, 0.1) is 13.8 Å². The lowest BCUT2D eigenvalue weighted by Gasteiger charge is -2.24. The first-order valence-corrected chi connectivity index (χ1v) is 13.7. The first-order valence-electron chi connectivity index (χ1n) is 10.8. The molecule has 7 nitrogen and oxygen atoms in total. The van der Waals surface area contributed by atoms with Gasteiger partial charge in [0, 0.05) is 12.0 Å². The van der Waals surface area contributed by atoms with Crippen LogP contribution in [0.1, 0.15) is 23.6 Å². The highest BCUT2D eigenvalue weighted by molar-refractivity contribution is 8.10. The molecule has 0 aliphatic heterocycles. The molecule has 0 saturated heterocycles. The van der Waals surface area contributed by atoms with Crippen molar-refractivity contribution in [3.63, 3.8) is 0 Å². The van der Waals surface area contributed by atoms with Gasteiger partial charge in [-0.15, -0.1) is 0 Å². The summed E-state index contributed by atoms with van der Waals surface area (Å²) in [6.07, 6.45) is 0.370. The van der Waals surface area contributed by atoms with Crippen molar-refractivity contribution in [2.24, 2.45) is 0 Å². The predicted molar refractivity (Wildman–Crippen MR) is 135 cm³/mol. The Kier molecular flexibility index (Phi) is 7.82. The summed E-state index contributed by atoms with van der Waals surface area (Å²) in [6, 6.07) is 18.0. The van der Waals surface area contributed by atoms with E-state index < -0.39 is 26.0 Å². The van der Waals surface area contributed by atoms with Gasteiger partial charge in [-0.1, -0.05) is 54.1 Å². The minimum atomic E-state index is -4.47. The molecule has 0 spiro atoms. The Morgan fingerprint density at radius 2 is 1.20 bits per heavy atom. The zero-order valence-electron chi connectivity index (χ0n) is 19.8. The van der Waals surface area contributed by atoms with Crippen LogP contribution in [0.5, 0.6) is 0 Å². The number of anilines is 1. The molecule has 0 N–H and O–H groups in total. The molecular formula is C26H27NO6S2. The smallest absolute Gasteiger partial charge is 0.333 e. The average molecular weight is 514 g/mol. The summed E-state index contributed by atoms with van der Waals surface area (Å²) in [5, 5.41) is 0. The largest absolute Gasteiger partial charge is 0.462 e. The third kappa shape index (κ3) is 5.98. The number of benzene rings is 3. The lowest BCUT2D eigenvalue weighted by atomic mass is 10.1. The molecule has 3 rings (SSSR count). The van der Waals surface area contributed by atoms with E-state index in [1.54, 1.807) is 43.3 Å². The quantitative estimate of drug-likeness (QED) is 0.308. The standard InChI is InChI=1S/C26H27NO6S2/c1-19(2)26(28)33-18-17-22-9-11-23(12-10-22)27(34(29,30)24-13-5-20(3)6-14-24)35(31,32)25-15-7-21(4)8-16-25/h5-16H,1,17-18H2,2-4H3. The first-order chi connectivity index (χ1) is 16.4. The molecular weight excluding hydrogens is 486 g/mol. The highest BCUT2D eigenvalue weighted by Gasteiger charge is 2.36. The van der Waals surface area contributed by atoms with E-state index in [-0.39, 0.29) is 22.1 Å². The number of nitrogens with zero attached hydrogens (tertiary/aromatic N) is 1. The van der Waals surface area contributed by atoms with Gasteiger partial charge in [-0.25, -0.2) is 21.6 Å². The molecule has 0 aliphatic rings. The number of rotatable bonds is 9. The fraction of sp³-hybridized carbons (Fsp3) is 0.192. The SMILES string of the molecule is C=C(C)C(=O)OCCc1ccc(N(S(=O)(=O)c2ccc(C)cc2)S(=O)(=O)c2ccc(C)cc2)cc1. The van der Waals surface area contributed by atoms with Crippen LogP contribution in [0.15, 0.2) is 94.7 Å². The van der Waals surface area contributed by atoms with Crippen LogP contribution in [0.3, 0.4) is 0 Å². The van der Waals surface area contributed by atoms with Gasteiger partial charge in [0.25, 0.3) is 20.0 Å². The number of hydrogen-bond donors (Lipinski definition) is 0. The maximum Gasteiger partial charge on any atom is 0.333 e. The Balaban J connectivity index is 2.02. The van der Waals surface area contributed by atoms with E-state index in [2.05, 4.69) is 6.58 Å². The molecule has 0 bridgehead atoms. The number of esters is 1. The lowest BCUT2D eigenvalue weighted by Crippen LogP contribution is -2.37. The molecule has 0 aliphatic carbocycles. The summed E-state index contributed by atoms with van der Waals surface area (Å²) < 4.78 is 60.0. The molecule has 9 heteroatoms. The molecule has 0 atom stereocenters. The fourth-order valence-electron chi connectivity index (χ4n) is 3.19. The Labute approximate surface area is 206 Å². The van der Waals surface area contributed by atoms with E-state index in [9.17, 15) is 21.6 Å². The molecule has 35 heavy (non-hydrogen) atoms. The summed E-state index contributed by atoms with van der Waals surface area (Å²) in [4.78, 5) is 11.3. The number of ether oxygens (including phenoxy) is 1. The van der Waals surface area contributed by atoms with Crippen molar-refractivity contribution in [2.45, 2.75) is 37.0 Å². The van der Waals surface area contributed by atoms with Gasteiger partial charge in [0.1, 0.15) is 0 Å². The molecule has 0 aromatic heterocycles. The van der Waals surface area contributed by atoms with Crippen LogP contribution in [0.4, 0.5) is 5.69 Å². The minimum Gasteiger partial charge on any atom is -0.462 e. The molecule has 3 aromatic rings. The second-order valence-electron chi connectivity index (χ2n) is 8.17. The number of carbonyl (C=O) groups is 1. The molecule has 0 amide bonds. The Morgan fingerprint density at radius 1 is 0.771 bits per heavy atom. The topological polar surface area (TPSA) is 97.8 Å². The summed E-state index contributed by atoms with van der Waals surface area (Å²) >= 11 is 0. The van der Waals surface area contributed by atoms with Gasteiger partial charge in [-0.2, -0.15) is 3.71 Å². The van der Waals surface area contributed by atoms with Gasteiger partial charge < -0.3 is 4.74 Å². The van der Waals surface area contributed by atoms with Crippen molar-refractivity contribution in [3.8, 4) is 0 Å². The summed E-state index contributed by atoms with van der Waals surface area (Å²) in [5.74, 6) is -0.499. The van der Waals surface area contributed by atoms with E-state index in [0.717, 1.165) is 16.7 Å². The van der Waals surface area contributed by atoms with Crippen LogP contribution >= 0.6 is 0 Å². The van der Waals surface area contributed by atoms with Gasteiger partial charge in [0.15, 0.2) is 0 Å². The molecule has 0 saturated carbocycles. The predicted octanol–water partition coefficient (Wildman–Crippen LogP) is 4.55. The van der Waals surface area contributed by atoms with Crippen LogP contribution in [0.2, 0.25) is 0 Å². The van der Waals surface area contributed by atoms with Gasteiger partial charge in [0.05, 0.1) is 22.1 Å². The molecule has 0 unspecified atom stereocenters. The summed E-state index contributed by atoms with van der Waals surface area (Å²) in [6.45, 7) is 8.80. The highest BCUT2D eigenvalue weighted by atomic mass is 32.3. The molecule has 0 radical (unpaired) electrons. The van der Waals surface area contributed by atoms with Crippen LogP contribution < -0.4 is 3.71 Å². The van der Waals surface area contributed by atoms with E-state index in [1.807, 2.05) is 13.8 Å². The zero-order valence-corrected chi connectivity index (χ0v) is 21.4. The monoisotopic (exact) mass is 513 g/mol. The lowest BCUT2D eigenvalue weighted by molar-refractivity contribution is -0.138. The van der Waals surface area contributed by atoms with E-state index in [0.29, 0.717) is 15.7 Å². The third-order valence-corrected chi connectivity index (χ3v) is 9.40. The number of aryl methyl sites for hydroxylation is 2. The maximum absolute atomic E-state index is 13.6. The number of carbonyl (C=O) groups excluding carboxylic acids is 1. The van der Waals surface area contributed by atoms with E-state index in [1.165, 1.54) is 36.4 Å². The first kappa shape index (κ1) is 26.2. The highest BCUT2D eigenvalue weighted by Crippen LogP contribution is 2.31. The number of sulfonamides is 2. The van der Waals surface area contributed by atoms with Gasteiger partial charge in [0.2, 0.25) is 0 Å². The van der Waals surface area contributed by atoms with Crippen molar-refractivity contribution < 1.29 is 26.4 Å². The van der Waals surface area contributed by atoms with Crippen molar-refractivity contribution in [1.82, 2.24) is 0 Å². The maximum atomic E-state index is 13.6. The molecule has 3 aromatic carbocycles. The van der Waals surface area contributed by atoms with Gasteiger partial charge >= 0.3 is 5.97 Å². The third-order valence-electron chi connectivity index (χ3n) is 5.19. The number of hydrogen-bond acceptors (Lipinski definition) is 6. The van der Waals surface area contributed by atoms with Crippen LogP contribution in [-0.4, -0.2) is 29.4 Å². The van der Waals surface area contributed by atoms with Crippen LogP contribution in [-0.2, 0) is 36.0 Å². The Hall–Kier alpha value is -3.43. The van der Waals surface area contributed by atoms with Crippen molar-refractivity contribution in [3.05, 3.63) is 102 Å². The molecule has 0 fully saturated rings. The summed E-state index contributed by atoms with van der Waals surface area (Å²) in [7, 11) is -8.94. The molecule has 0 heterocycles. The Bertz CT molecular complexity index is 1350. The van der Waals surface area contributed by atoms with Crippen molar-refractivity contribution in [2.75, 3.05) is 10.3 Å². The van der Waals surface area contributed by atoms with E-state index in [4.69, 9.17) is 4.74 Å². The second-order valence-corrected chi connectivity index (χ2v) is 12.0. The van der Waals surface area contributed by atoms with Crippen molar-refractivity contribution >= 4 is 31.7 Å². The van der Waals surface area contributed by atoms with Gasteiger partial charge in [-0.05, 0) is 62.7 Å². The zero-order chi connectivity index (χ0) is 25.8. The second kappa shape index (κ2) is 10.5. The normalized spacial score (nSPS) is 11.6. The van der Waals surface area contributed by atoms with Crippen LogP contribution in [0.25, 0.3) is 0 Å². The van der Waals surface area contributed by atoms with E-state index >= 15 is 0 Å². The Morgan fingerprint density at radius 3 is 1.60 bits per heavy atom. The summed E-state index contributed by atoms with van der Waals surface area (Å²) in [5.41, 5.74) is 2.68. The minimum absolute atomic E-state index is 0.0335. The fourth-order valence-corrected chi connectivity index (χ4v) is 6.88. The molecule has 184 valence electrons.